The zero-order chi connectivity index (χ0) is 19.8. The van der Waals surface area contributed by atoms with Crippen LogP contribution in [0.2, 0.25) is 5.02 Å². The Kier molecular flexibility index (Phi) is 5.11. The van der Waals surface area contributed by atoms with Crippen LogP contribution in [0.25, 0.3) is 0 Å². The summed E-state index contributed by atoms with van der Waals surface area (Å²) in [5.74, 6) is -1.13. The largest absolute Gasteiger partial charge is 0.345 e. The van der Waals surface area contributed by atoms with Crippen molar-refractivity contribution in [2.75, 3.05) is 6.54 Å². The average molecular weight is 401 g/mol. The molecule has 1 fully saturated rings. The normalized spacial score (nSPS) is 20.9. The van der Waals surface area contributed by atoms with E-state index < -0.39 is 11.8 Å². The number of fused-ring (bicyclic) bond motifs is 1. The molecule has 146 valence electrons. The number of aryl methyl sites for hydroxylation is 1. The fourth-order valence-corrected chi connectivity index (χ4v) is 4.25. The maximum Gasteiger partial charge on any atom is 0.312 e. The maximum absolute atomic E-state index is 14.1. The van der Waals surface area contributed by atoms with Crippen molar-refractivity contribution in [2.24, 2.45) is 0 Å². The Hall–Kier alpha value is -2.40. The average Bonchev–Trinajstić information content (AvgIpc) is 2.67. The number of hydrogen-bond acceptors (Lipinski definition) is 2. The van der Waals surface area contributed by atoms with Crippen LogP contribution >= 0.6 is 11.6 Å². The maximum atomic E-state index is 14.1. The molecule has 0 bridgehead atoms. The van der Waals surface area contributed by atoms with Gasteiger partial charge in [0.25, 0.3) is 0 Å². The first-order chi connectivity index (χ1) is 13.4. The summed E-state index contributed by atoms with van der Waals surface area (Å²) in [7, 11) is 0. The van der Waals surface area contributed by atoms with Crippen LogP contribution in [0.4, 0.5) is 4.39 Å². The summed E-state index contributed by atoms with van der Waals surface area (Å²) < 4.78 is 14.1. The molecule has 1 N–H and O–H groups in total. The van der Waals surface area contributed by atoms with Crippen LogP contribution < -0.4 is 5.32 Å². The number of nitrogens with one attached hydrogen (secondary N) is 1. The minimum atomic E-state index is -0.601. The molecule has 4 nitrogen and oxygen atoms in total. The third-order valence-corrected chi connectivity index (χ3v) is 6.14. The van der Waals surface area contributed by atoms with Gasteiger partial charge in [0.1, 0.15) is 5.82 Å². The summed E-state index contributed by atoms with van der Waals surface area (Å²) in [5, 5.41) is 3.53. The third-order valence-electron chi connectivity index (χ3n) is 5.89. The fourth-order valence-electron chi connectivity index (χ4n) is 4.12. The highest BCUT2D eigenvalue weighted by molar-refractivity contribution is 6.35. The second kappa shape index (κ2) is 7.55. The molecule has 2 aromatic carbocycles. The van der Waals surface area contributed by atoms with E-state index >= 15 is 0 Å². The molecule has 1 aliphatic carbocycles. The molecule has 2 aliphatic rings. The monoisotopic (exact) mass is 400 g/mol. The van der Waals surface area contributed by atoms with Crippen molar-refractivity contribution >= 4 is 23.4 Å². The van der Waals surface area contributed by atoms with E-state index in [9.17, 15) is 14.0 Å². The Morgan fingerprint density at radius 3 is 2.54 bits per heavy atom. The van der Waals surface area contributed by atoms with Gasteiger partial charge in [0.05, 0.1) is 0 Å². The summed E-state index contributed by atoms with van der Waals surface area (Å²) in [4.78, 5) is 26.4. The van der Waals surface area contributed by atoms with Gasteiger partial charge in [-0.25, -0.2) is 4.39 Å². The molecule has 0 aromatic heterocycles. The summed E-state index contributed by atoms with van der Waals surface area (Å²) in [6.07, 6.45) is 2.18. The SMILES string of the molecule is Cc1ccc(F)c2c1CCN(C(=O)C(=O)NC1CC(c3ccc(Cl)cc3)C1)C2. The van der Waals surface area contributed by atoms with Crippen LogP contribution in [0.3, 0.4) is 0 Å². The number of carbonyl (C=O) groups is 2. The van der Waals surface area contributed by atoms with E-state index in [1.165, 1.54) is 16.5 Å². The molecule has 6 heteroatoms. The van der Waals surface area contributed by atoms with Crippen LogP contribution in [0.1, 0.15) is 41.0 Å². The molecular weight excluding hydrogens is 379 g/mol. The van der Waals surface area contributed by atoms with E-state index in [1.54, 1.807) is 6.07 Å². The van der Waals surface area contributed by atoms with Crippen molar-refractivity contribution in [3.63, 3.8) is 0 Å². The molecular formula is C22H22ClFN2O2. The number of hydrogen-bond donors (Lipinski definition) is 1. The molecule has 0 atom stereocenters. The number of benzene rings is 2. The van der Waals surface area contributed by atoms with E-state index in [1.807, 2.05) is 31.2 Å². The number of amides is 2. The second-order valence-electron chi connectivity index (χ2n) is 7.69. The summed E-state index contributed by atoms with van der Waals surface area (Å²) in [5.41, 5.74) is 3.70. The van der Waals surface area contributed by atoms with Gasteiger partial charge < -0.3 is 10.2 Å². The predicted molar refractivity (Wildman–Crippen MR) is 106 cm³/mol. The van der Waals surface area contributed by atoms with Crippen LogP contribution in [0, 0.1) is 12.7 Å². The Labute approximate surface area is 168 Å². The fraction of sp³-hybridized carbons (Fsp3) is 0.364. The van der Waals surface area contributed by atoms with Crippen molar-refractivity contribution in [3.8, 4) is 0 Å². The minimum Gasteiger partial charge on any atom is -0.345 e. The Bertz CT molecular complexity index is 923. The Morgan fingerprint density at radius 2 is 1.82 bits per heavy atom. The second-order valence-corrected chi connectivity index (χ2v) is 8.12. The van der Waals surface area contributed by atoms with E-state index in [4.69, 9.17) is 11.6 Å². The van der Waals surface area contributed by atoms with Gasteiger partial charge in [-0.05, 0) is 67.0 Å². The Balaban J connectivity index is 1.33. The van der Waals surface area contributed by atoms with Crippen molar-refractivity contribution in [1.29, 1.82) is 0 Å². The first kappa shape index (κ1) is 18.9. The number of rotatable bonds is 2. The van der Waals surface area contributed by atoms with Crippen LogP contribution in [0.5, 0.6) is 0 Å². The lowest BCUT2D eigenvalue weighted by Crippen LogP contribution is -2.51. The molecule has 1 heterocycles. The van der Waals surface area contributed by atoms with Crippen LogP contribution in [-0.4, -0.2) is 29.3 Å². The quantitative estimate of drug-likeness (QED) is 0.781. The zero-order valence-corrected chi connectivity index (χ0v) is 16.4. The van der Waals surface area contributed by atoms with Gasteiger partial charge in [0.2, 0.25) is 0 Å². The highest BCUT2D eigenvalue weighted by Gasteiger charge is 2.34. The lowest BCUT2D eigenvalue weighted by molar-refractivity contribution is -0.147. The summed E-state index contributed by atoms with van der Waals surface area (Å²) >= 11 is 5.91. The number of carbonyl (C=O) groups excluding carboxylic acids is 2. The lowest BCUT2D eigenvalue weighted by atomic mass is 9.76. The van der Waals surface area contributed by atoms with Crippen LogP contribution in [0.15, 0.2) is 36.4 Å². The first-order valence-electron chi connectivity index (χ1n) is 9.54. The van der Waals surface area contributed by atoms with Gasteiger partial charge in [0, 0.05) is 29.7 Å². The van der Waals surface area contributed by atoms with Crippen molar-refractivity contribution in [1.82, 2.24) is 10.2 Å². The minimum absolute atomic E-state index is 0.00631. The smallest absolute Gasteiger partial charge is 0.312 e. The van der Waals surface area contributed by atoms with E-state index in [0.29, 0.717) is 29.5 Å². The number of nitrogens with zero attached hydrogens (tertiary/aromatic N) is 1. The summed E-state index contributed by atoms with van der Waals surface area (Å²) in [6.45, 7) is 2.52. The van der Waals surface area contributed by atoms with E-state index in [2.05, 4.69) is 5.32 Å². The molecule has 28 heavy (non-hydrogen) atoms. The highest BCUT2D eigenvalue weighted by Crippen LogP contribution is 2.37. The molecule has 1 saturated carbocycles. The van der Waals surface area contributed by atoms with Crippen molar-refractivity contribution in [3.05, 3.63) is 69.5 Å². The molecule has 0 saturated heterocycles. The molecule has 2 aromatic rings. The molecule has 0 spiro atoms. The first-order valence-corrected chi connectivity index (χ1v) is 9.92. The third kappa shape index (κ3) is 3.63. The standard InChI is InChI=1S/C22H22ClFN2O2/c1-13-2-7-20(24)19-12-26(9-8-18(13)19)22(28)21(27)25-17-10-15(11-17)14-3-5-16(23)6-4-14/h2-7,15,17H,8-12H2,1H3,(H,25,27). The van der Waals surface area contributed by atoms with E-state index in [0.717, 1.165) is 24.0 Å². The predicted octanol–water partition coefficient (Wildman–Crippen LogP) is 3.73. The van der Waals surface area contributed by atoms with Gasteiger partial charge in [-0.2, -0.15) is 0 Å². The Morgan fingerprint density at radius 1 is 1.11 bits per heavy atom. The lowest BCUT2D eigenvalue weighted by Gasteiger charge is -2.37. The molecule has 0 radical (unpaired) electrons. The van der Waals surface area contributed by atoms with E-state index in [-0.39, 0.29) is 18.4 Å². The topological polar surface area (TPSA) is 49.4 Å². The molecule has 4 rings (SSSR count). The molecule has 2 amide bonds. The number of halogens is 2. The molecule has 1 aliphatic heterocycles. The van der Waals surface area contributed by atoms with Crippen molar-refractivity contribution in [2.45, 2.75) is 44.7 Å². The summed E-state index contributed by atoms with van der Waals surface area (Å²) in [6, 6.07) is 10.9. The zero-order valence-electron chi connectivity index (χ0n) is 15.7. The molecule has 0 unspecified atom stereocenters. The van der Waals surface area contributed by atoms with Crippen molar-refractivity contribution < 1.29 is 14.0 Å². The van der Waals surface area contributed by atoms with Crippen LogP contribution in [-0.2, 0) is 22.6 Å². The van der Waals surface area contributed by atoms with Gasteiger partial charge >= 0.3 is 11.8 Å². The van der Waals surface area contributed by atoms with Gasteiger partial charge in [-0.3, -0.25) is 9.59 Å². The highest BCUT2D eigenvalue weighted by atomic mass is 35.5. The van der Waals surface area contributed by atoms with Gasteiger partial charge in [0.15, 0.2) is 0 Å². The van der Waals surface area contributed by atoms with Gasteiger partial charge in [-0.1, -0.05) is 29.8 Å². The van der Waals surface area contributed by atoms with Gasteiger partial charge in [-0.15, -0.1) is 0 Å².